The van der Waals surface area contributed by atoms with Crippen LogP contribution in [0.3, 0.4) is 0 Å². The summed E-state index contributed by atoms with van der Waals surface area (Å²) < 4.78 is 97.9. The first-order valence-corrected chi connectivity index (χ1v) is 18.8. The van der Waals surface area contributed by atoms with Crippen molar-refractivity contribution in [2.24, 2.45) is 0 Å². The molecule has 0 aromatic carbocycles. The van der Waals surface area contributed by atoms with E-state index < -0.39 is 34.7 Å². The number of piperidine rings is 1. The molecule has 0 bridgehead atoms. The van der Waals surface area contributed by atoms with E-state index >= 15 is 4.39 Å². The van der Waals surface area contributed by atoms with Gasteiger partial charge in [0.25, 0.3) is 0 Å². The fourth-order valence-corrected chi connectivity index (χ4v) is 8.04. The van der Waals surface area contributed by atoms with Crippen LogP contribution in [0, 0.1) is 11.8 Å². The molecule has 17 heteroatoms. The third kappa shape index (κ3) is 7.44. The average Bonchev–Trinajstić information content (AvgIpc) is 3.26. The maximum atomic E-state index is 15.2. The Morgan fingerprint density at radius 3 is 2.59 bits per heavy atom. The van der Waals surface area contributed by atoms with Crippen LogP contribution in [-0.2, 0) is 14.4 Å². The van der Waals surface area contributed by atoms with Gasteiger partial charge >= 0.3 is 5.51 Å². The molecule has 3 aromatic heterocycles. The highest BCUT2D eigenvalue weighted by Gasteiger charge is 2.41. The van der Waals surface area contributed by atoms with Crippen molar-refractivity contribution in [1.29, 1.82) is 0 Å². The SMILES string of the molecule is COc1nc(P(C)(C)=O)ccc1NCC#Cc1nn2c(N[C@@H]3CCN(C4CS(=O)(=O)C4)C[C@@H]3F)cccc2c1SC(F)(F)F. The Morgan fingerprint density at radius 2 is 1.95 bits per heavy atom. The molecule has 3 aromatic rings. The van der Waals surface area contributed by atoms with E-state index in [0.29, 0.717) is 29.9 Å². The monoisotopic (exact) mass is 674 g/mol. The Kier molecular flexibility index (Phi) is 9.15. The number of anilines is 2. The zero-order valence-corrected chi connectivity index (χ0v) is 26.6. The first-order valence-electron chi connectivity index (χ1n) is 13.6. The van der Waals surface area contributed by atoms with Crippen LogP contribution < -0.4 is 20.8 Å². The summed E-state index contributed by atoms with van der Waals surface area (Å²) in [6.45, 7) is 3.75. The van der Waals surface area contributed by atoms with Crippen LogP contribution in [0.4, 0.5) is 29.1 Å². The second-order valence-corrected chi connectivity index (χ2v) is 17.3. The minimum atomic E-state index is -4.60. The van der Waals surface area contributed by atoms with Gasteiger partial charge in [-0.3, -0.25) is 4.90 Å². The second kappa shape index (κ2) is 12.4. The molecule has 2 aliphatic rings. The van der Waals surface area contributed by atoms with Crippen molar-refractivity contribution in [1.82, 2.24) is 19.5 Å². The van der Waals surface area contributed by atoms with E-state index in [0.717, 1.165) is 0 Å². The van der Waals surface area contributed by atoms with E-state index in [9.17, 15) is 26.2 Å². The lowest BCUT2D eigenvalue weighted by Crippen LogP contribution is -2.59. The Morgan fingerprint density at radius 1 is 1.20 bits per heavy atom. The number of aromatic nitrogens is 3. The van der Waals surface area contributed by atoms with Crippen LogP contribution in [0.25, 0.3) is 5.52 Å². The van der Waals surface area contributed by atoms with Gasteiger partial charge in [-0.25, -0.2) is 22.3 Å². The molecular weight excluding hydrogens is 643 g/mol. The Labute approximate surface area is 256 Å². The van der Waals surface area contributed by atoms with Crippen molar-refractivity contribution < 1.29 is 35.3 Å². The Balaban J connectivity index is 1.35. The molecular formula is C27H31F4N6O4PS2. The molecule has 2 N–H and O–H groups in total. The summed E-state index contributed by atoms with van der Waals surface area (Å²) in [5.74, 6) is 6.08. The van der Waals surface area contributed by atoms with Crippen LogP contribution in [0.15, 0.2) is 35.2 Å². The fraction of sp³-hybridized carbons (Fsp3) is 0.481. The molecule has 2 saturated heterocycles. The minimum absolute atomic E-state index is 0.0206. The minimum Gasteiger partial charge on any atom is -0.480 e. The quantitative estimate of drug-likeness (QED) is 0.159. The lowest BCUT2D eigenvalue weighted by molar-refractivity contribution is -0.0327. The summed E-state index contributed by atoms with van der Waals surface area (Å²) in [6.07, 6.45) is -0.944. The van der Waals surface area contributed by atoms with Gasteiger partial charge in [0.1, 0.15) is 30.3 Å². The number of likely N-dealkylation sites (tertiary alicyclic amines) is 1. The lowest BCUT2D eigenvalue weighted by atomic mass is 10.0. The van der Waals surface area contributed by atoms with Crippen molar-refractivity contribution in [3.63, 3.8) is 0 Å². The molecule has 2 fully saturated rings. The van der Waals surface area contributed by atoms with Gasteiger partial charge in [-0.1, -0.05) is 12.0 Å². The topological polar surface area (TPSA) is 118 Å². The van der Waals surface area contributed by atoms with Crippen molar-refractivity contribution in [2.75, 3.05) is 62.2 Å². The van der Waals surface area contributed by atoms with Crippen LogP contribution in [0.5, 0.6) is 5.88 Å². The molecule has 0 spiro atoms. The van der Waals surface area contributed by atoms with E-state index in [-0.39, 0.29) is 64.4 Å². The zero-order chi connectivity index (χ0) is 31.9. The highest BCUT2D eigenvalue weighted by Crippen LogP contribution is 2.41. The number of rotatable bonds is 8. The molecule has 2 aliphatic heterocycles. The number of alkyl halides is 4. The predicted molar refractivity (Wildman–Crippen MR) is 163 cm³/mol. The molecule has 0 saturated carbocycles. The van der Waals surface area contributed by atoms with Gasteiger partial charge < -0.3 is 19.9 Å². The van der Waals surface area contributed by atoms with E-state index in [1.165, 1.54) is 17.7 Å². The van der Waals surface area contributed by atoms with Crippen LogP contribution in [0.2, 0.25) is 0 Å². The van der Waals surface area contributed by atoms with E-state index in [1.54, 1.807) is 37.6 Å². The van der Waals surface area contributed by atoms with Crippen molar-refractivity contribution in [3.05, 3.63) is 36.0 Å². The van der Waals surface area contributed by atoms with Gasteiger partial charge in [-0.15, -0.1) is 0 Å². The summed E-state index contributed by atoms with van der Waals surface area (Å²) >= 11 is -0.325. The maximum Gasteiger partial charge on any atom is 0.446 e. The van der Waals surface area contributed by atoms with E-state index in [1.807, 2.05) is 4.90 Å². The number of pyridine rings is 2. The number of nitrogens with zero attached hydrogens (tertiary/aromatic N) is 4. The number of nitrogens with one attached hydrogen (secondary N) is 2. The molecule has 0 aliphatic carbocycles. The number of thioether (sulfide) groups is 1. The summed E-state index contributed by atoms with van der Waals surface area (Å²) in [5.41, 5.74) is -3.68. The summed E-state index contributed by atoms with van der Waals surface area (Å²) in [4.78, 5) is 5.92. The molecule has 44 heavy (non-hydrogen) atoms. The third-order valence-corrected chi connectivity index (χ3v) is 11.3. The molecule has 0 amide bonds. The molecule has 5 heterocycles. The number of methoxy groups -OCH3 is 1. The van der Waals surface area contributed by atoms with Gasteiger partial charge in [0.05, 0.1) is 47.3 Å². The molecule has 2 atom stereocenters. The summed E-state index contributed by atoms with van der Waals surface area (Å²) in [7, 11) is -4.24. The molecule has 10 nitrogen and oxygen atoms in total. The standard InChI is InChI=1S/C27H31F4N6O4PS2/c1-41-26-21(9-10-24(34-26)42(2,3)38)32-12-5-6-20-25(43-27(29,30)31)22-7-4-8-23(37(22)35-20)33-19-11-13-36(14-18(19)28)17-15-44(39,40)16-17/h4,7-10,17-19,32-33H,11-16H2,1-3H3/t18-,19+/m0/s1. The lowest BCUT2D eigenvalue weighted by Gasteiger charge is -2.42. The smallest absolute Gasteiger partial charge is 0.446 e. The number of halogens is 4. The first-order chi connectivity index (χ1) is 20.6. The van der Waals surface area contributed by atoms with Crippen LogP contribution in [-0.4, -0.2) is 103 Å². The van der Waals surface area contributed by atoms with Crippen molar-refractivity contribution in [3.8, 4) is 17.7 Å². The van der Waals surface area contributed by atoms with Gasteiger partial charge in [-0.2, -0.15) is 18.3 Å². The molecule has 5 rings (SSSR count). The molecule has 238 valence electrons. The van der Waals surface area contributed by atoms with Crippen molar-refractivity contribution in [2.45, 2.75) is 35.1 Å². The van der Waals surface area contributed by atoms with Gasteiger partial charge in [0, 0.05) is 19.1 Å². The Hall–Kier alpha value is -2.99. The van der Waals surface area contributed by atoms with Gasteiger partial charge in [0.2, 0.25) is 5.88 Å². The predicted octanol–water partition coefficient (Wildman–Crippen LogP) is 3.68. The third-order valence-electron chi connectivity index (χ3n) is 7.31. The summed E-state index contributed by atoms with van der Waals surface area (Å²) in [6, 6.07) is 7.08. The Bertz CT molecular complexity index is 1760. The number of ether oxygens (including phenoxy) is 1. The first kappa shape index (κ1) is 32.4. The summed E-state index contributed by atoms with van der Waals surface area (Å²) in [5, 5.41) is 10.4. The van der Waals surface area contributed by atoms with Crippen LogP contribution in [0.1, 0.15) is 12.1 Å². The molecule has 0 radical (unpaired) electrons. The number of hydrogen-bond acceptors (Lipinski definition) is 10. The normalized spacial score (nSPS) is 20.9. The highest BCUT2D eigenvalue weighted by atomic mass is 32.2. The number of hydrogen-bond donors (Lipinski definition) is 2. The van der Waals surface area contributed by atoms with E-state index in [4.69, 9.17) is 4.74 Å². The zero-order valence-electron chi connectivity index (χ0n) is 24.1. The number of sulfone groups is 1. The molecule has 0 unspecified atom stereocenters. The average molecular weight is 675 g/mol. The number of fused-ring (bicyclic) bond motifs is 1. The maximum absolute atomic E-state index is 15.2. The van der Waals surface area contributed by atoms with E-state index in [2.05, 4.69) is 32.6 Å². The highest BCUT2D eigenvalue weighted by molar-refractivity contribution is 8.00. The largest absolute Gasteiger partial charge is 0.480 e. The van der Waals surface area contributed by atoms with Crippen LogP contribution >= 0.6 is 18.9 Å². The second-order valence-electron chi connectivity index (χ2n) is 10.9. The van der Waals surface area contributed by atoms with Gasteiger partial charge in [0.15, 0.2) is 9.84 Å². The van der Waals surface area contributed by atoms with Gasteiger partial charge in [-0.05, 0) is 61.7 Å². The van der Waals surface area contributed by atoms with Crippen molar-refractivity contribution >= 4 is 51.2 Å². The fourth-order valence-electron chi connectivity index (χ4n) is 5.10.